The molecule has 0 bridgehead atoms. The van der Waals surface area contributed by atoms with Crippen LogP contribution in [0.1, 0.15) is 11.3 Å². The largest absolute Gasteiger partial charge is 0.480 e. The lowest BCUT2D eigenvalue weighted by Crippen LogP contribution is -2.11. The Morgan fingerprint density at radius 1 is 1.21 bits per heavy atom. The van der Waals surface area contributed by atoms with Crippen molar-refractivity contribution in [2.75, 3.05) is 6.54 Å². The maximum absolute atomic E-state index is 10.4. The Balaban J connectivity index is 1.72. The zero-order valence-corrected chi connectivity index (χ0v) is 19.1. The molecule has 0 amide bonds. The molecule has 0 aliphatic rings. The third kappa shape index (κ3) is 5.55. The van der Waals surface area contributed by atoms with E-state index in [1.165, 1.54) is 6.07 Å². The van der Waals surface area contributed by atoms with Crippen molar-refractivity contribution in [3.8, 4) is 11.4 Å². The molecule has 14 heteroatoms. The molecule has 1 aromatic carbocycles. The van der Waals surface area contributed by atoms with Crippen molar-refractivity contribution < 1.29 is 14.4 Å². The minimum atomic E-state index is -1.13. The second kappa shape index (κ2) is 9.37. The summed E-state index contributed by atoms with van der Waals surface area (Å²) in [4.78, 5) is 10.4. The predicted molar refractivity (Wildman–Crippen MR) is 112 cm³/mol. The monoisotopic (exact) mass is 588 g/mol. The van der Waals surface area contributed by atoms with Gasteiger partial charge >= 0.3 is 5.97 Å². The summed E-state index contributed by atoms with van der Waals surface area (Å²) in [5, 5.41) is 30.7. The fourth-order valence-corrected chi connectivity index (χ4v) is 3.63. The van der Waals surface area contributed by atoms with Crippen molar-refractivity contribution in [2.24, 2.45) is 21.2 Å². The molecule has 3 rings (SSSR count). The van der Waals surface area contributed by atoms with E-state index in [1.807, 2.05) is 12.1 Å². The van der Waals surface area contributed by atoms with Gasteiger partial charge in [-0.3, -0.25) is 4.79 Å². The normalized spacial score (nSPS) is 12.0. The van der Waals surface area contributed by atoms with Crippen LogP contribution in [0.15, 0.2) is 57.8 Å². The SMILES string of the molecule is N/C(=N\N=NCC(=O)O)c1cc(-c2cn(Cc3cc(Br)c(Br)c(Br)c3)nn2)no1. The van der Waals surface area contributed by atoms with Crippen molar-refractivity contribution in [1.82, 2.24) is 20.2 Å². The van der Waals surface area contributed by atoms with Crippen LogP contribution in [0.4, 0.5) is 0 Å². The number of nitrogens with zero attached hydrogens (tertiary/aromatic N) is 7. The molecule has 0 aliphatic carbocycles. The zero-order valence-electron chi connectivity index (χ0n) is 14.3. The van der Waals surface area contributed by atoms with Crippen molar-refractivity contribution in [3.05, 3.63) is 49.1 Å². The van der Waals surface area contributed by atoms with Gasteiger partial charge in [-0.2, -0.15) is 5.11 Å². The van der Waals surface area contributed by atoms with E-state index in [-0.39, 0.29) is 11.6 Å². The summed E-state index contributed by atoms with van der Waals surface area (Å²) >= 11 is 10.4. The van der Waals surface area contributed by atoms with Gasteiger partial charge in [-0.25, -0.2) is 4.68 Å². The zero-order chi connectivity index (χ0) is 21.0. The molecule has 0 radical (unpaired) electrons. The van der Waals surface area contributed by atoms with Crippen LogP contribution in [-0.2, 0) is 11.3 Å². The van der Waals surface area contributed by atoms with Gasteiger partial charge in [0.1, 0.15) is 11.4 Å². The van der Waals surface area contributed by atoms with Crippen LogP contribution < -0.4 is 5.73 Å². The summed E-state index contributed by atoms with van der Waals surface area (Å²) < 4.78 is 9.53. The summed E-state index contributed by atoms with van der Waals surface area (Å²) in [6.07, 6.45) is 1.71. The molecule has 0 saturated carbocycles. The molecule has 2 aromatic heterocycles. The fraction of sp³-hybridized carbons (Fsp3) is 0.133. The Kier molecular flexibility index (Phi) is 6.87. The number of carboxylic acid groups (broad SMARTS) is 1. The van der Waals surface area contributed by atoms with Gasteiger partial charge in [-0.1, -0.05) is 10.4 Å². The molecular weight excluding hydrogens is 580 g/mol. The molecule has 0 fully saturated rings. The van der Waals surface area contributed by atoms with E-state index < -0.39 is 12.5 Å². The van der Waals surface area contributed by atoms with Crippen LogP contribution in [0.2, 0.25) is 0 Å². The van der Waals surface area contributed by atoms with Crippen LogP contribution >= 0.6 is 47.8 Å². The van der Waals surface area contributed by atoms with E-state index in [9.17, 15) is 4.79 Å². The van der Waals surface area contributed by atoms with Crippen molar-refractivity contribution in [2.45, 2.75) is 6.54 Å². The first-order chi connectivity index (χ1) is 13.8. The summed E-state index contributed by atoms with van der Waals surface area (Å²) in [5.74, 6) is -1.09. The number of rotatable bonds is 7. The van der Waals surface area contributed by atoms with Gasteiger partial charge in [0.25, 0.3) is 0 Å². The van der Waals surface area contributed by atoms with Gasteiger partial charge in [-0.15, -0.1) is 10.2 Å². The van der Waals surface area contributed by atoms with E-state index >= 15 is 0 Å². The first-order valence-corrected chi connectivity index (χ1v) is 10.1. The van der Waals surface area contributed by atoms with Gasteiger partial charge in [-0.05, 0) is 70.7 Å². The van der Waals surface area contributed by atoms with E-state index in [4.69, 9.17) is 15.4 Å². The van der Waals surface area contributed by atoms with Gasteiger partial charge in [0.2, 0.25) is 5.76 Å². The molecule has 0 saturated heterocycles. The van der Waals surface area contributed by atoms with E-state index in [0.29, 0.717) is 17.9 Å². The maximum atomic E-state index is 10.4. The Hall–Kier alpha value is -2.45. The molecule has 3 N–H and O–H groups in total. The lowest BCUT2D eigenvalue weighted by molar-refractivity contribution is -0.135. The Bertz CT molecular complexity index is 1080. The maximum Gasteiger partial charge on any atom is 0.327 e. The summed E-state index contributed by atoms with van der Waals surface area (Å²) in [7, 11) is 0. The molecule has 3 aromatic rings. The average molecular weight is 591 g/mol. The minimum Gasteiger partial charge on any atom is -0.480 e. The highest BCUT2D eigenvalue weighted by Crippen LogP contribution is 2.32. The highest BCUT2D eigenvalue weighted by atomic mass is 79.9. The number of nitrogens with two attached hydrogens (primary N) is 1. The molecule has 29 heavy (non-hydrogen) atoms. The van der Waals surface area contributed by atoms with Crippen LogP contribution in [0.5, 0.6) is 0 Å². The van der Waals surface area contributed by atoms with Crippen LogP contribution in [0.3, 0.4) is 0 Å². The van der Waals surface area contributed by atoms with Gasteiger partial charge in [0.05, 0.1) is 12.7 Å². The predicted octanol–water partition coefficient (Wildman–Crippen LogP) is 3.43. The molecule has 11 nitrogen and oxygen atoms in total. The highest BCUT2D eigenvalue weighted by molar-refractivity contribution is 9.14. The molecule has 0 spiro atoms. The van der Waals surface area contributed by atoms with Gasteiger partial charge in [0.15, 0.2) is 12.4 Å². The molecule has 150 valence electrons. The number of aromatic nitrogens is 4. The second-order valence-electron chi connectivity index (χ2n) is 5.52. The molecule has 2 heterocycles. The van der Waals surface area contributed by atoms with Crippen LogP contribution in [-0.4, -0.2) is 43.6 Å². The first-order valence-electron chi connectivity index (χ1n) is 7.76. The van der Waals surface area contributed by atoms with Gasteiger partial charge < -0.3 is 15.4 Å². The number of carbonyl (C=O) groups is 1. The van der Waals surface area contributed by atoms with Gasteiger partial charge in [0, 0.05) is 19.5 Å². The van der Waals surface area contributed by atoms with E-state index in [0.717, 1.165) is 19.0 Å². The number of carboxylic acids is 1. The summed E-state index contributed by atoms with van der Waals surface area (Å²) in [5.41, 5.74) is 7.61. The minimum absolute atomic E-state index is 0.102. The lowest BCUT2D eigenvalue weighted by atomic mass is 10.2. The third-order valence-electron chi connectivity index (χ3n) is 3.37. The molecule has 0 atom stereocenters. The van der Waals surface area contributed by atoms with Crippen molar-refractivity contribution in [3.63, 3.8) is 0 Å². The first kappa shape index (κ1) is 21.3. The topological polar surface area (TPSA) is 157 Å². The standard InChI is InChI=1S/C15H11Br3N8O3/c16-8-1-7(2-9(17)14(8)18)5-26-6-11(21-25-26)10-3-12(29-23-10)15(19)22-24-20-4-13(27)28/h1-3,6H,4-5H2,(H,27,28)(H2,19,20,22). The van der Waals surface area contributed by atoms with E-state index in [2.05, 4.69) is 78.7 Å². The number of hydrogen-bond donors (Lipinski definition) is 2. The summed E-state index contributed by atoms with van der Waals surface area (Å²) in [6, 6.07) is 5.47. The fourth-order valence-electron chi connectivity index (χ4n) is 2.12. The number of aliphatic carboxylic acids is 1. The highest BCUT2D eigenvalue weighted by Gasteiger charge is 2.14. The Morgan fingerprint density at radius 3 is 2.62 bits per heavy atom. The molecular formula is C15H11Br3N8O3. The lowest BCUT2D eigenvalue weighted by Gasteiger charge is -2.05. The number of hydrogen-bond acceptors (Lipinski definition) is 7. The Morgan fingerprint density at radius 2 is 1.93 bits per heavy atom. The van der Waals surface area contributed by atoms with E-state index in [1.54, 1.807) is 10.9 Å². The molecule has 0 unspecified atom stereocenters. The van der Waals surface area contributed by atoms with Crippen molar-refractivity contribution in [1.29, 1.82) is 0 Å². The Labute approximate surface area is 188 Å². The second-order valence-corrected chi connectivity index (χ2v) is 8.02. The average Bonchev–Trinajstić information content (AvgIpc) is 3.32. The number of benzene rings is 1. The smallest absolute Gasteiger partial charge is 0.327 e. The van der Waals surface area contributed by atoms with Crippen LogP contribution in [0.25, 0.3) is 11.4 Å². The van der Waals surface area contributed by atoms with Crippen molar-refractivity contribution >= 4 is 59.6 Å². The third-order valence-corrected chi connectivity index (χ3v) is 6.54. The summed E-state index contributed by atoms with van der Waals surface area (Å²) in [6.45, 7) is -0.0111. The number of halogens is 3. The molecule has 0 aliphatic heterocycles. The quantitative estimate of drug-likeness (QED) is 0.140. The van der Waals surface area contributed by atoms with Crippen LogP contribution in [0, 0.1) is 0 Å². The number of amidine groups is 1.